The van der Waals surface area contributed by atoms with Crippen molar-refractivity contribution in [3.8, 4) is 16.8 Å². The Bertz CT molecular complexity index is 3030. The summed E-state index contributed by atoms with van der Waals surface area (Å²) in [5.41, 5.74) is 7.71. The molecule has 0 radical (unpaired) electrons. The molecule has 48 heavy (non-hydrogen) atoms. The topological polar surface area (TPSA) is 18.1 Å². The monoisotopic (exact) mass is 609 g/mol. The number of fused-ring (bicyclic) bond motifs is 15. The van der Waals surface area contributed by atoms with Gasteiger partial charge in [-0.05, 0) is 91.3 Å². The third kappa shape index (κ3) is 3.41. The van der Waals surface area contributed by atoms with Crippen LogP contribution in [0.15, 0.2) is 168 Å². The van der Waals surface area contributed by atoms with Gasteiger partial charge in [0.05, 0.1) is 11.0 Å². The van der Waals surface area contributed by atoms with Crippen LogP contribution in [0.4, 0.5) is 0 Å². The Labute approximate surface area is 275 Å². The molecule has 0 spiro atoms. The molecule has 0 aliphatic carbocycles. The van der Waals surface area contributed by atoms with Crippen molar-refractivity contribution < 1.29 is 4.42 Å². The van der Waals surface area contributed by atoms with E-state index in [1.54, 1.807) is 0 Å². The highest BCUT2D eigenvalue weighted by atomic mass is 16.3. The molecular formula is C46H27NO. The van der Waals surface area contributed by atoms with E-state index >= 15 is 0 Å². The average Bonchev–Trinajstić information content (AvgIpc) is 3.71. The Kier molecular flexibility index (Phi) is 5.14. The Hall–Kier alpha value is -6.38. The molecule has 0 aliphatic heterocycles. The summed E-state index contributed by atoms with van der Waals surface area (Å²) >= 11 is 0. The van der Waals surface area contributed by atoms with Crippen molar-refractivity contribution in [1.82, 2.24) is 4.57 Å². The fourth-order valence-corrected chi connectivity index (χ4v) is 8.37. The summed E-state index contributed by atoms with van der Waals surface area (Å²) in [5.74, 6) is 0. The smallest absolute Gasteiger partial charge is 0.136 e. The van der Waals surface area contributed by atoms with Crippen LogP contribution in [0.3, 0.4) is 0 Å². The van der Waals surface area contributed by atoms with Gasteiger partial charge in [-0.2, -0.15) is 0 Å². The van der Waals surface area contributed by atoms with E-state index in [1.807, 2.05) is 0 Å². The number of aromatic nitrogens is 1. The van der Waals surface area contributed by atoms with E-state index in [4.69, 9.17) is 4.42 Å². The third-order valence-electron chi connectivity index (χ3n) is 10.3. The van der Waals surface area contributed by atoms with Crippen LogP contribution in [0.2, 0.25) is 0 Å². The lowest BCUT2D eigenvalue weighted by Crippen LogP contribution is -1.94. The number of benzene rings is 9. The summed E-state index contributed by atoms with van der Waals surface area (Å²) in [6.45, 7) is 0. The zero-order valence-corrected chi connectivity index (χ0v) is 25.9. The summed E-state index contributed by atoms with van der Waals surface area (Å²) in [5, 5.41) is 14.9. The van der Waals surface area contributed by atoms with E-state index in [-0.39, 0.29) is 0 Å². The standard InChI is InChI=1S/C46H27NO/c1-2-16-32-30(14-1)31-15-3-5-20-36(31)44-38(32)24-25-42-46(44)45-37-21-6-4-17-33(37)39(27-43(45)48-42)28-12-11-13-29(26-28)47-40-22-9-7-18-34(40)35-19-8-10-23-41(35)47/h1-27H. The van der Waals surface area contributed by atoms with E-state index in [9.17, 15) is 0 Å². The van der Waals surface area contributed by atoms with Crippen LogP contribution in [-0.4, -0.2) is 4.57 Å². The number of para-hydroxylation sites is 2. The summed E-state index contributed by atoms with van der Waals surface area (Å²) in [4.78, 5) is 0. The molecule has 2 heterocycles. The van der Waals surface area contributed by atoms with E-state index in [0.29, 0.717) is 0 Å². The molecule has 222 valence electrons. The van der Waals surface area contributed by atoms with E-state index in [0.717, 1.165) is 22.4 Å². The van der Waals surface area contributed by atoms with Gasteiger partial charge in [0.1, 0.15) is 11.2 Å². The molecule has 2 aromatic heterocycles. The molecule has 2 heteroatoms. The molecule has 0 amide bonds. The molecule has 0 saturated carbocycles. The lowest BCUT2D eigenvalue weighted by atomic mass is 9.90. The van der Waals surface area contributed by atoms with Crippen molar-refractivity contribution in [3.63, 3.8) is 0 Å². The van der Waals surface area contributed by atoms with Crippen molar-refractivity contribution in [3.05, 3.63) is 164 Å². The molecule has 9 aromatic carbocycles. The first-order valence-electron chi connectivity index (χ1n) is 16.5. The SMILES string of the molecule is c1cc(-c2cc3oc4ccc5c6ccccc6c6ccccc6c5c4c3c3ccccc23)cc(-n2c3ccccc3c3ccccc32)c1. The van der Waals surface area contributed by atoms with Crippen molar-refractivity contribution in [2.24, 2.45) is 0 Å². The first-order valence-corrected chi connectivity index (χ1v) is 16.5. The lowest BCUT2D eigenvalue weighted by molar-refractivity contribution is 0.669. The Balaban J connectivity index is 1.23. The second kappa shape index (κ2) is 9.57. The average molecular weight is 610 g/mol. The molecule has 0 fully saturated rings. The zero-order valence-electron chi connectivity index (χ0n) is 25.9. The van der Waals surface area contributed by atoms with Gasteiger partial charge in [-0.1, -0.05) is 121 Å². The van der Waals surface area contributed by atoms with Gasteiger partial charge >= 0.3 is 0 Å². The quantitative estimate of drug-likeness (QED) is 0.178. The summed E-state index contributed by atoms with van der Waals surface area (Å²) < 4.78 is 9.19. The predicted octanol–water partition coefficient (Wildman–Crippen LogP) is 13.0. The highest BCUT2D eigenvalue weighted by Crippen LogP contribution is 2.46. The van der Waals surface area contributed by atoms with E-state index in [1.165, 1.54) is 81.2 Å². The minimum atomic E-state index is 0.908. The van der Waals surface area contributed by atoms with Gasteiger partial charge in [0.2, 0.25) is 0 Å². The number of nitrogens with zero attached hydrogens (tertiary/aromatic N) is 1. The predicted molar refractivity (Wildman–Crippen MR) is 204 cm³/mol. The molecule has 0 unspecified atom stereocenters. The largest absolute Gasteiger partial charge is 0.456 e. The molecule has 11 aromatic rings. The second-order valence-corrected chi connectivity index (χ2v) is 12.8. The van der Waals surface area contributed by atoms with E-state index < -0.39 is 0 Å². The van der Waals surface area contributed by atoms with Gasteiger partial charge in [-0.25, -0.2) is 0 Å². The molecule has 2 nitrogen and oxygen atoms in total. The maximum absolute atomic E-state index is 6.80. The Morgan fingerprint density at radius 1 is 0.333 bits per heavy atom. The van der Waals surface area contributed by atoms with Gasteiger partial charge in [0.15, 0.2) is 0 Å². The molecular weight excluding hydrogens is 583 g/mol. The highest BCUT2D eigenvalue weighted by molar-refractivity contribution is 6.37. The highest BCUT2D eigenvalue weighted by Gasteiger charge is 2.20. The molecule has 0 bridgehead atoms. The Morgan fingerprint density at radius 3 is 1.52 bits per heavy atom. The van der Waals surface area contributed by atoms with Crippen LogP contribution in [0.1, 0.15) is 0 Å². The van der Waals surface area contributed by atoms with Crippen molar-refractivity contribution >= 4 is 86.8 Å². The molecule has 0 saturated heterocycles. The lowest BCUT2D eigenvalue weighted by Gasteiger charge is -2.13. The normalized spacial score (nSPS) is 12.2. The van der Waals surface area contributed by atoms with Crippen LogP contribution < -0.4 is 0 Å². The summed E-state index contributed by atoms with van der Waals surface area (Å²) in [6, 6.07) is 59.4. The maximum Gasteiger partial charge on any atom is 0.136 e. The van der Waals surface area contributed by atoms with Gasteiger partial charge in [-0.15, -0.1) is 0 Å². The van der Waals surface area contributed by atoms with Crippen molar-refractivity contribution in [2.75, 3.05) is 0 Å². The molecule has 0 N–H and O–H groups in total. The second-order valence-electron chi connectivity index (χ2n) is 12.8. The van der Waals surface area contributed by atoms with Crippen LogP contribution in [0, 0.1) is 0 Å². The third-order valence-corrected chi connectivity index (χ3v) is 10.3. The fourth-order valence-electron chi connectivity index (χ4n) is 8.37. The minimum absolute atomic E-state index is 0.908. The van der Waals surface area contributed by atoms with Gasteiger partial charge in [0, 0.05) is 32.6 Å². The fraction of sp³-hybridized carbons (Fsp3) is 0. The molecule has 11 rings (SSSR count). The molecule has 0 aliphatic rings. The zero-order chi connectivity index (χ0) is 31.3. The summed E-state index contributed by atoms with van der Waals surface area (Å²) in [7, 11) is 0. The number of hydrogen-bond donors (Lipinski definition) is 0. The minimum Gasteiger partial charge on any atom is -0.456 e. The van der Waals surface area contributed by atoms with Crippen LogP contribution in [0.5, 0.6) is 0 Å². The summed E-state index contributed by atoms with van der Waals surface area (Å²) in [6.07, 6.45) is 0. The van der Waals surface area contributed by atoms with Crippen molar-refractivity contribution in [1.29, 1.82) is 0 Å². The van der Waals surface area contributed by atoms with Crippen LogP contribution in [-0.2, 0) is 0 Å². The molecule has 0 atom stereocenters. The first kappa shape index (κ1) is 25.8. The number of hydrogen-bond acceptors (Lipinski definition) is 1. The van der Waals surface area contributed by atoms with Gasteiger partial charge in [0.25, 0.3) is 0 Å². The van der Waals surface area contributed by atoms with E-state index in [2.05, 4.69) is 168 Å². The van der Waals surface area contributed by atoms with Crippen LogP contribution in [0.25, 0.3) is 104 Å². The maximum atomic E-state index is 6.80. The van der Waals surface area contributed by atoms with Gasteiger partial charge in [-0.3, -0.25) is 0 Å². The van der Waals surface area contributed by atoms with Gasteiger partial charge < -0.3 is 8.98 Å². The number of rotatable bonds is 2. The van der Waals surface area contributed by atoms with Crippen LogP contribution >= 0.6 is 0 Å². The Morgan fingerprint density at radius 2 is 0.854 bits per heavy atom. The first-order chi connectivity index (χ1) is 23.8. The van der Waals surface area contributed by atoms with Crippen molar-refractivity contribution in [2.45, 2.75) is 0 Å². The number of furan rings is 1.